The molecule has 2 aromatic carbocycles. The van der Waals surface area contributed by atoms with Crippen LogP contribution in [0.3, 0.4) is 0 Å². The lowest BCUT2D eigenvalue weighted by Crippen LogP contribution is -2.43. The molecule has 0 saturated carbocycles. The number of carbonyl (C=O) groups excluding carboxylic acids is 1. The van der Waals surface area contributed by atoms with Crippen molar-refractivity contribution < 1.29 is 22.3 Å². The first kappa shape index (κ1) is 22.3. The third-order valence-corrected chi connectivity index (χ3v) is 7.10. The van der Waals surface area contributed by atoms with Crippen LogP contribution in [-0.2, 0) is 26.6 Å². The van der Waals surface area contributed by atoms with E-state index < -0.39 is 21.7 Å². The standard InChI is InChI=1S/C23H28FNO4S/c1-23(2,3)18-8-10-20(11-9-18)29-15-22(26)25(19-12-13-30(27,28)16-19)14-17-6-4-5-7-21(17)24/h4-11,19H,12-16H2,1-3H3/t19-/m0/s1. The van der Waals surface area contributed by atoms with Crippen LogP contribution in [0.15, 0.2) is 48.5 Å². The van der Waals surface area contributed by atoms with Crippen molar-refractivity contribution in [1.82, 2.24) is 4.90 Å². The van der Waals surface area contributed by atoms with Gasteiger partial charge >= 0.3 is 0 Å². The van der Waals surface area contributed by atoms with Crippen LogP contribution in [0.2, 0.25) is 0 Å². The van der Waals surface area contributed by atoms with E-state index in [0.29, 0.717) is 17.7 Å². The summed E-state index contributed by atoms with van der Waals surface area (Å²) in [7, 11) is -3.19. The third kappa shape index (κ3) is 5.59. The second-order valence-corrected chi connectivity index (χ2v) is 11.0. The number of benzene rings is 2. The van der Waals surface area contributed by atoms with Crippen molar-refractivity contribution in [1.29, 1.82) is 0 Å². The second kappa shape index (κ2) is 8.76. The van der Waals surface area contributed by atoms with Gasteiger partial charge < -0.3 is 9.64 Å². The van der Waals surface area contributed by atoms with Gasteiger partial charge in [-0.1, -0.05) is 51.1 Å². The maximum Gasteiger partial charge on any atom is 0.261 e. The van der Waals surface area contributed by atoms with Gasteiger partial charge in [0.1, 0.15) is 11.6 Å². The van der Waals surface area contributed by atoms with E-state index >= 15 is 0 Å². The molecule has 0 spiro atoms. The lowest BCUT2D eigenvalue weighted by molar-refractivity contribution is -0.136. The summed E-state index contributed by atoms with van der Waals surface area (Å²) in [6.45, 7) is 6.12. The fourth-order valence-corrected chi connectivity index (χ4v) is 5.26. The van der Waals surface area contributed by atoms with Crippen molar-refractivity contribution >= 4 is 15.7 Å². The van der Waals surface area contributed by atoms with E-state index in [4.69, 9.17) is 4.74 Å². The molecule has 1 saturated heterocycles. The predicted molar refractivity (Wildman–Crippen MR) is 115 cm³/mol. The van der Waals surface area contributed by atoms with Gasteiger partial charge in [-0.05, 0) is 35.6 Å². The zero-order valence-electron chi connectivity index (χ0n) is 17.6. The number of rotatable bonds is 6. The summed E-state index contributed by atoms with van der Waals surface area (Å²) >= 11 is 0. The topological polar surface area (TPSA) is 63.7 Å². The molecular weight excluding hydrogens is 405 g/mol. The van der Waals surface area contributed by atoms with Gasteiger partial charge in [-0.3, -0.25) is 4.79 Å². The Kier molecular flexibility index (Phi) is 6.50. The van der Waals surface area contributed by atoms with Crippen molar-refractivity contribution in [3.05, 3.63) is 65.5 Å². The number of carbonyl (C=O) groups is 1. The zero-order chi connectivity index (χ0) is 21.9. The molecule has 0 unspecified atom stereocenters. The molecule has 1 aliphatic heterocycles. The first-order valence-electron chi connectivity index (χ1n) is 10.0. The third-order valence-electron chi connectivity index (χ3n) is 5.35. The van der Waals surface area contributed by atoms with Crippen molar-refractivity contribution in [2.75, 3.05) is 18.1 Å². The Hall–Kier alpha value is -2.41. The molecule has 0 bridgehead atoms. The number of halogens is 1. The van der Waals surface area contributed by atoms with Crippen molar-refractivity contribution in [3.63, 3.8) is 0 Å². The molecule has 1 amide bonds. The van der Waals surface area contributed by atoms with Gasteiger partial charge in [0.25, 0.3) is 5.91 Å². The predicted octanol–water partition coefficient (Wildman–Crippen LogP) is 3.72. The molecule has 0 aliphatic carbocycles. The monoisotopic (exact) mass is 433 g/mol. The minimum atomic E-state index is -3.19. The van der Waals surface area contributed by atoms with E-state index in [2.05, 4.69) is 20.8 Å². The quantitative estimate of drug-likeness (QED) is 0.697. The first-order chi connectivity index (χ1) is 14.0. The molecule has 0 aromatic heterocycles. The Morgan fingerprint density at radius 1 is 1.13 bits per heavy atom. The lowest BCUT2D eigenvalue weighted by atomic mass is 9.87. The van der Waals surface area contributed by atoms with Crippen LogP contribution in [0.25, 0.3) is 0 Å². The Bertz CT molecular complexity index is 997. The molecule has 5 nitrogen and oxygen atoms in total. The summed E-state index contributed by atoms with van der Waals surface area (Å²) in [5.74, 6) is -0.294. The number of ether oxygens (including phenoxy) is 1. The molecule has 3 rings (SSSR count). The molecule has 2 aromatic rings. The smallest absolute Gasteiger partial charge is 0.261 e. The normalized spacial score (nSPS) is 18.2. The second-order valence-electron chi connectivity index (χ2n) is 8.73. The van der Waals surface area contributed by atoms with Crippen LogP contribution >= 0.6 is 0 Å². The van der Waals surface area contributed by atoms with Gasteiger partial charge in [-0.2, -0.15) is 0 Å². The largest absolute Gasteiger partial charge is 0.484 e. The maximum absolute atomic E-state index is 14.1. The average Bonchev–Trinajstić information content (AvgIpc) is 3.04. The van der Waals surface area contributed by atoms with Crippen LogP contribution in [0, 0.1) is 5.82 Å². The number of hydrogen-bond acceptors (Lipinski definition) is 4. The summed E-state index contributed by atoms with van der Waals surface area (Å²) in [4.78, 5) is 14.4. The molecule has 1 fully saturated rings. The van der Waals surface area contributed by atoms with E-state index in [0.717, 1.165) is 5.56 Å². The van der Waals surface area contributed by atoms with E-state index in [-0.39, 0.29) is 36.0 Å². The van der Waals surface area contributed by atoms with Gasteiger partial charge in [-0.25, -0.2) is 12.8 Å². The number of nitrogens with zero attached hydrogens (tertiary/aromatic N) is 1. The van der Waals surface area contributed by atoms with Crippen molar-refractivity contribution in [2.45, 2.75) is 45.2 Å². The molecule has 0 radical (unpaired) electrons. The zero-order valence-corrected chi connectivity index (χ0v) is 18.4. The SMILES string of the molecule is CC(C)(C)c1ccc(OCC(=O)N(Cc2ccccc2F)[C@H]2CCS(=O)(=O)C2)cc1. The van der Waals surface area contributed by atoms with Crippen molar-refractivity contribution in [2.24, 2.45) is 0 Å². The average molecular weight is 434 g/mol. The number of amides is 1. The summed E-state index contributed by atoms with van der Waals surface area (Å²) < 4.78 is 43.7. The minimum Gasteiger partial charge on any atom is -0.484 e. The molecule has 162 valence electrons. The molecule has 0 N–H and O–H groups in total. The molecule has 7 heteroatoms. The van der Waals surface area contributed by atoms with Crippen LogP contribution in [0.5, 0.6) is 5.75 Å². The highest BCUT2D eigenvalue weighted by molar-refractivity contribution is 7.91. The highest BCUT2D eigenvalue weighted by atomic mass is 32.2. The lowest BCUT2D eigenvalue weighted by Gasteiger charge is -2.28. The van der Waals surface area contributed by atoms with Gasteiger partial charge in [-0.15, -0.1) is 0 Å². The molecule has 1 atom stereocenters. The summed E-state index contributed by atoms with van der Waals surface area (Å²) in [6, 6.07) is 13.3. The summed E-state index contributed by atoms with van der Waals surface area (Å²) in [6.07, 6.45) is 0.350. The van der Waals surface area contributed by atoms with E-state index in [1.54, 1.807) is 18.2 Å². The summed E-state index contributed by atoms with van der Waals surface area (Å²) in [5, 5.41) is 0. The van der Waals surface area contributed by atoms with E-state index in [1.807, 2.05) is 24.3 Å². The van der Waals surface area contributed by atoms with Crippen LogP contribution in [0.1, 0.15) is 38.3 Å². The molecule has 1 heterocycles. The van der Waals surface area contributed by atoms with Gasteiger partial charge in [0.05, 0.1) is 11.5 Å². The molecule has 1 aliphatic rings. The van der Waals surface area contributed by atoms with Gasteiger partial charge in [0.15, 0.2) is 16.4 Å². The fourth-order valence-electron chi connectivity index (χ4n) is 3.53. The van der Waals surface area contributed by atoms with Gasteiger partial charge in [0.2, 0.25) is 0 Å². The van der Waals surface area contributed by atoms with E-state index in [9.17, 15) is 17.6 Å². The van der Waals surface area contributed by atoms with Crippen LogP contribution < -0.4 is 4.74 Å². The maximum atomic E-state index is 14.1. The Labute approximate surface area is 177 Å². The van der Waals surface area contributed by atoms with E-state index in [1.165, 1.54) is 11.0 Å². The highest BCUT2D eigenvalue weighted by Crippen LogP contribution is 2.25. The summed E-state index contributed by atoms with van der Waals surface area (Å²) in [5.41, 5.74) is 1.52. The highest BCUT2D eigenvalue weighted by Gasteiger charge is 2.35. The van der Waals surface area contributed by atoms with Gasteiger partial charge in [0, 0.05) is 18.2 Å². The Balaban J connectivity index is 1.72. The molecule has 30 heavy (non-hydrogen) atoms. The fraction of sp³-hybridized carbons (Fsp3) is 0.435. The Morgan fingerprint density at radius 2 is 1.80 bits per heavy atom. The number of sulfone groups is 1. The minimum absolute atomic E-state index is 0.0119. The van der Waals surface area contributed by atoms with Crippen molar-refractivity contribution in [3.8, 4) is 5.75 Å². The first-order valence-corrected chi connectivity index (χ1v) is 11.8. The number of hydrogen-bond donors (Lipinski definition) is 0. The molecular formula is C23H28FNO4S. The Morgan fingerprint density at radius 3 is 2.37 bits per heavy atom. The van der Waals surface area contributed by atoms with Crippen LogP contribution in [-0.4, -0.2) is 43.4 Å². The van der Waals surface area contributed by atoms with Crippen LogP contribution in [0.4, 0.5) is 4.39 Å².